The molecule has 2 heterocycles. The first-order chi connectivity index (χ1) is 6.92. The molecule has 0 saturated carbocycles. The monoisotopic (exact) mass is 353 g/mol. The maximum Gasteiger partial charge on any atom is 0.158 e. The van der Waals surface area contributed by atoms with Gasteiger partial charge in [-0.05, 0) is 38.8 Å². The second-order valence-corrected chi connectivity index (χ2v) is 20.8. The molecule has 0 aromatic carbocycles. The van der Waals surface area contributed by atoms with Crippen LogP contribution >= 0.6 is 34.2 Å². The Bertz CT molecular complexity index is 325. The molecule has 0 unspecified atom stereocenters. The third-order valence-electron chi connectivity index (χ3n) is 3.76. The highest BCUT2D eigenvalue weighted by molar-refractivity contribution is 14.2. The molecule has 2 aliphatic rings. The van der Waals surface area contributed by atoms with Crippen molar-refractivity contribution in [1.29, 1.82) is 0 Å². The standard InChI is InChI=1S/C12H20IP2/c1-9-5-14-6-10(2)12(4)8-15(14,13)7-11(9)3/h5-8H2,1-4H3/q+1. The Kier molecular flexibility index (Phi) is 3.67. The SMILES string of the molecule is CC1=C(C)C[P+]2(I)CC(C)=C(C)CP2C1. The van der Waals surface area contributed by atoms with E-state index >= 15 is 0 Å². The average molecular weight is 353 g/mol. The molecular weight excluding hydrogens is 333 g/mol. The number of halogens is 1. The molecule has 0 radical (unpaired) electrons. The lowest BCUT2D eigenvalue weighted by Gasteiger charge is -2.37. The smallest absolute Gasteiger partial charge is 0.0630 e. The van der Waals surface area contributed by atoms with Crippen LogP contribution in [0.2, 0.25) is 0 Å². The Morgan fingerprint density at radius 1 is 0.867 bits per heavy atom. The molecule has 2 aliphatic heterocycles. The van der Waals surface area contributed by atoms with Gasteiger partial charge in [0.1, 0.15) is 4.59 Å². The van der Waals surface area contributed by atoms with E-state index in [4.69, 9.17) is 0 Å². The molecule has 0 fully saturated rings. The molecule has 3 heteroatoms. The van der Waals surface area contributed by atoms with Crippen LogP contribution in [-0.4, -0.2) is 24.6 Å². The number of hydrogen-bond donors (Lipinski definition) is 0. The van der Waals surface area contributed by atoms with Crippen LogP contribution in [0, 0.1) is 0 Å². The molecule has 0 aromatic heterocycles. The van der Waals surface area contributed by atoms with Crippen LogP contribution < -0.4 is 0 Å². The highest BCUT2D eigenvalue weighted by atomic mass is 127. The fourth-order valence-corrected chi connectivity index (χ4v) is 18.2. The minimum Gasteiger partial charge on any atom is -0.0630 e. The summed E-state index contributed by atoms with van der Waals surface area (Å²) in [5.41, 5.74) is 6.84. The van der Waals surface area contributed by atoms with E-state index in [1.807, 2.05) is 0 Å². The Morgan fingerprint density at radius 2 is 1.27 bits per heavy atom. The first kappa shape index (κ1) is 12.5. The summed E-state index contributed by atoms with van der Waals surface area (Å²) in [7, 11) is 0.322. The van der Waals surface area contributed by atoms with Gasteiger partial charge in [-0.1, -0.05) is 11.1 Å². The van der Waals surface area contributed by atoms with E-state index in [2.05, 4.69) is 49.7 Å². The zero-order valence-corrected chi connectivity index (χ0v) is 14.0. The van der Waals surface area contributed by atoms with Gasteiger partial charge in [0.25, 0.3) is 0 Å². The lowest BCUT2D eigenvalue weighted by atomic mass is 10.2. The number of fused-ring (bicyclic) bond motifs is 1. The molecule has 0 N–H and O–H groups in total. The van der Waals surface area contributed by atoms with Crippen LogP contribution in [0.1, 0.15) is 27.7 Å². The van der Waals surface area contributed by atoms with Gasteiger partial charge in [-0.25, -0.2) is 0 Å². The summed E-state index contributed by atoms with van der Waals surface area (Å²) in [6.45, 7) is 9.45. The third-order valence-corrected chi connectivity index (χ3v) is 20.6. The summed E-state index contributed by atoms with van der Waals surface area (Å²) in [4.78, 5) is 0. The van der Waals surface area contributed by atoms with Gasteiger partial charge in [0.2, 0.25) is 0 Å². The van der Waals surface area contributed by atoms with Crippen molar-refractivity contribution in [2.24, 2.45) is 0 Å². The summed E-state index contributed by atoms with van der Waals surface area (Å²) >= 11 is 2.89. The van der Waals surface area contributed by atoms with Gasteiger partial charge in [-0.15, -0.1) is 0 Å². The third kappa shape index (κ3) is 2.35. The Balaban J connectivity index is 2.31. The summed E-state index contributed by atoms with van der Waals surface area (Å²) < 4.78 is -0.636. The lowest BCUT2D eigenvalue weighted by Crippen LogP contribution is -2.15. The van der Waals surface area contributed by atoms with Crippen molar-refractivity contribution in [3.63, 3.8) is 0 Å². The quantitative estimate of drug-likeness (QED) is 0.309. The molecule has 0 bridgehead atoms. The second kappa shape index (κ2) is 4.39. The summed E-state index contributed by atoms with van der Waals surface area (Å²) in [5, 5.41) is 0. The van der Waals surface area contributed by atoms with E-state index in [-0.39, 0.29) is 0 Å². The first-order valence-electron chi connectivity index (χ1n) is 5.55. The largest absolute Gasteiger partial charge is 0.158 e. The molecule has 0 amide bonds. The Hall–Kier alpha value is 1.07. The van der Waals surface area contributed by atoms with E-state index in [1.54, 1.807) is 22.3 Å². The van der Waals surface area contributed by atoms with Crippen LogP contribution in [0.3, 0.4) is 0 Å². The van der Waals surface area contributed by atoms with Crippen LogP contribution in [0.15, 0.2) is 22.3 Å². The van der Waals surface area contributed by atoms with Gasteiger partial charge in [0, 0.05) is 12.3 Å². The molecule has 0 aromatic rings. The molecular formula is C12H20IP2+. The highest BCUT2D eigenvalue weighted by Gasteiger charge is 2.49. The maximum atomic E-state index is 2.89. The van der Waals surface area contributed by atoms with E-state index in [1.165, 1.54) is 24.6 Å². The Morgan fingerprint density at radius 3 is 1.67 bits per heavy atom. The van der Waals surface area contributed by atoms with E-state index in [0.29, 0.717) is 7.61 Å². The fraction of sp³-hybridized carbons (Fsp3) is 0.667. The second-order valence-electron chi connectivity index (χ2n) is 5.08. The van der Waals surface area contributed by atoms with Crippen LogP contribution in [0.5, 0.6) is 0 Å². The minimum absolute atomic E-state index is 0.322. The number of allylic oxidation sites excluding steroid dienone is 4. The van der Waals surface area contributed by atoms with E-state index in [0.717, 1.165) is 0 Å². The normalized spacial score (nSPS) is 37.0. The van der Waals surface area contributed by atoms with Gasteiger partial charge < -0.3 is 0 Å². The average Bonchev–Trinajstić information content (AvgIpc) is 2.12. The van der Waals surface area contributed by atoms with Crippen molar-refractivity contribution in [2.45, 2.75) is 27.7 Å². The van der Waals surface area contributed by atoms with Crippen molar-refractivity contribution < 1.29 is 0 Å². The highest BCUT2D eigenvalue weighted by Crippen LogP contribution is 2.93. The molecule has 0 aliphatic carbocycles. The molecule has 0 atom stereocenters. The van der Waals surface area contributed by atoms with Gasteiger partial charge in [-0.3, -0.25) is 0 Å². The summed E-state index contributed by atoms with van der Waals surface area (Å²) in [6.07, 6.45) is 5.80. The maximum absolute atomic E-state index is 2.89. The van der Waals surface area contributed by atoms with E-state index in [9.17, 15) is 0 Å². The topological polar surface area (TPSA) is 0 Å². The van der Waals surface area contributed by atoms with Crippen LogP contribution in [-0.2, 0) is 0 Å². The summed E-state index contributed by atoms with van der Waals surface area (Å²) in [5.74, 6) is 0. The van der Waals surface area contributed by atoms with Crippen molar-refractivity contribution in [3.8, 4) is 0 Å². The van der Waals surface area contributed by atoms with Crippen molar-refractivity contribution >= 4 is 34.2 Å². The molecule has 0 nitrogen and oxygen atoms in total. The van der Waals surface area contributed by atoms with Gasteiger partial charge >= 0.3 is 0 Å². The molecule has 2 rings (SSSR count). The van der Waals surface area contributed by atoms with E-state index < -0.39 is 4.59 Å². The zero-order valence-electron chi connectivity index (χ0n) is 10.1. The van der Waals surface area contributed by atoms with Crippen LogP contribution in [0.4, 0.5) is 0 Å². The molecule has 15 heavy (non-hydrogen) atoms. The lowest BCUT2D eigenvalue weighted by molar-refractivity contribution is 1.18. The predicted octanol–water partition coefficient (Wildman–Crippen LogP) is 5.45. The zero-order chi connectivity index (χ0) is 11.2. The minimum atomic E-state index is -0.636. The predicted molar refractivity (Wildman–Crippen MR) is 84.1 cm³/mol. The number of hydrogen-bond acceptors (Lipinski definition) is 0. The van der Waals surface area contributed by atoms with Crippen molar-refractivity contribution in [2.75, 3.05) is 24.6 Å². The molecule has 0 spiro atoms. The molecule has 0 saturated heterocycles. The number of rotatable bonds is 0. The van der Waals surface area contributed by atoms with Gasteiger partial charge in [-0.2, -0.15) is 0 Å². The fourth-order valence-electron chi connectivity index (χ4n) is 2.38. The Labute approximate surface area is 108 Å². The summed E-state index contributed by atoms with van der Waals surface area (Å²) in [6, 6.07) is 0. The molecule has 84 valence electrons. The van der Waals surface area contributed by atoms with Gasteiger partial charge in [0.15, 0.2) is 22.0 Å². The van der Waals surface area contributed by atoms with Gasteiger partial charge in [0.05, 0.1) is 19.9 Å². The van der Waals surface area contributed by atoms with Crippen molar-refractivity contribution in [3.05, 3.63) is 22.3 Å². The first-order valence-corrected chi connectivity index (χ1v) is 12.9. The van der Waals surface area contributed by atoms with Crippen LogP contribution in [0.25, 0.3) is 0 Å². The van der Waals surface area contributed by atoms with Crippen molar-refractivity contribution in [1.82, 2.24) is 0 Å².